The number of fused-ring (bicyclic) bond motifs is 3. The van der Waals surface area contributed by atoms with Crippen molar-refractivity contribution in [2.45, 2.75) is 78.9 Å². The van der Waals surface area contributed by atoms with Crippen molar-refractivity contribution in [3.63, 3.8) is 0 Å². The highest BCUT2D eigenvalue weighted by Gasteiger charge is 2.28. The number of likely N-dealkylation sites (tertiary alicyclic amines) is 1. The molecule has 3 aromatic rings. The van der Waals surface area contributed by atoms with Crippen LogP contribution in [0.1, 0.15) is 64.1 Å². The van der Waals surface area contributed by atoms with Gasteiger partial charge in [0.2, 0.25) is 0 Å². The predicted octanol–water partition coefficient (Wildman–Crippen LogP) is 5.94. The van der Waals surface area contributed by atoms with Crippen LogP contribution < -0.4 is 0 Å². The molecule has 168 valence electrons. The molecule has 0 unspecified atom stereocenters. The van der Waals surface area contributed by atoms with Crippen LogP contribution in [0.15, 0.2) is 12.3 Å². The number of aryl methyl sites for hydroxylation is 2. The fourth-order valence-electron chi connectivity index (χ4n) is 4.35. The topological polar surface area (TPSA) is 60.2 Å². The van der Waals surface area contributed by atoms with Gasteiger partial charge < -0.3 is 14.2 Å². The fourth-order valence-corrected chi connectivity index (χ4v) is 5.37. The van der Waals surface area contributed by atoms with E-state index in [0.717, 1.165) is 62.8 Å². The maximum absolute atomic E-state index is 12.4. The van der Waals surface area contributed by atoms with Gasteiger partial charge in [0.15, 0.2) is 0 Å². The molecule has 0 radical (unpaired) electrons. The van der Waals surface area contributed by atoms with Crippen LogP contribution >= 0.6 is 11.3 Å². The van der Waals surface area contributed by atoms with Gasteiger partial charge >= 0.3 is 6.09 Å². The summed E-state index contributed by atoms with van der Waals surface area (Å²) < 4.78 is 9.26. The zero-order valence-corrected chi connectivity index (χ0v) is 20.2. The van der Waals surface area contributed by atoms with Crippen LogP contribution in [0.3, 0.4) is 0 Å². The van der Waals surface area contributed by atoms with Crippen molar-refractivity contribution in [2.24, 2.45) is 5.92 Å². The van der Waals surface area contributed by atoms with Crippen molar-refractivity contribution in [2.75, 3.05) is 13.1 Å². The molecule has 1 saturated heterocycles. The maximum atomic E-state index is 12.4. The van der Waals surface area contributed by atoms with Gasteiger partial charge in [0, 0.05) is 30.9 Å². The van der Waals surface area contributed by atoms with Crippen LogP contribution in [-0.4, -0.2) is 44.2 Å². The first kappa shape index (κ1) is 22.1. The van der Waals surface area contributed by atoms with E-state index in [1.807, 2.05) is 43.2 Å². The van der Waals surface area contributed by atoms with Gasteiger partial charge in [-0.1, -0.05) is 13.3 Å². The highest BCUT2D eigenvalue weighted by molar-refractivity contribution is 7.19. The van der Waals surface area contributed by atoms with E-state index in [0.29, 0.717) is 5.92 Å². The van der Waals surface area contributed by atoms with Gasteiger partial charge in [0.05, 0.1) is 21.9 Å². The summed E-state index contributed by atoms with van der Waals surface area (Å²) in [6, 6.07) is 2.17. The fraction of sp³-hybridized carbons (Fsp3) is 0.625. The van der Waals surface area contributed by atoms with Crippen LogP contribution in [0.4, 0.5) is 4.79 Å². The summed E-state index contributed by atoms with van der Waals surface area (Å²) in [5.74, 6) is 1.70. The largest absolute Gasteiger partial charge is 0.444 e. The van der Waals surface area contributed by atoms with Gasteiger partial charge in [-0.15, -0.1) is 11.3 Å². The molecular weight excluding hydrogens is 408 g/mol. The number of amides is 1. The number of ether oxygens (including phenoxy) is 1. The van der Waals surface area contributed by atoms with Gasteiger partial charge in [-0.2, -0.15) is 0 Å². The quantitative estimate of drug-likeness (QED) is 0.490. The summed E-state index contributed by atoms with van der Waals surface area (Å²) in [6.45, 7) is 12.6. The zero-order chi connectivity index (χ0) is 22.2. The van der Waals surface area contributed by atoms with E-state index in [1.165, 1.54) is 20.9 Å². The Hall–Kier alpha value is -2.15. The Kier molecular flexibility index (Phi) is 6.24. The van der Waals surface area contributed by atoms with Crippen molar-refractivity contribution in [3.05, 3.63) is 23.0 Å². The summed E-state index contributed by atoms with van der Waals surface area (Å²) in [5.41, 5.74) is 2.86. The van der Waals surface area contributed by atoms with Crippen molar-refractivity contribution < 1.29 is 9.53 Å². The van der Waals surface area contributed by atoms with Crippen molar-refractivity contribution >= 4 is 38.7 Å². The van der Waals surface area contributed by atoms with Crippen LogP contribution in [0, 0.1) is 12.8 Å². The monoisotopic (exact) mass is 442 g/mol. The van der Waals surface area contributed by atoms with Gasteiger partial charge in [-0.3, -0.25) is 4.98 Å². The summed E-state index contributed by atoms with van der Waals surface area (Å²) in [6.07, 6.45) is 7.01. The predicted molar refractivity (Wildman–Crippen MR) is 127 cm³/mol. The highest BCUT2D eigenvalue weighted by atomic mass is 32.1. The minimum atomic E-state index is -0.448. The standard InChI is InChI=1S/C24H34N4O2S/c1-6-7-8-20-26-19-14-25-18-13-16(2)31-22(18)21(19)28(20)15-17-9-11-27(12-10-17)23(29)30-24(3,4)5/h13-14,17H,6-12,15H2,1-5H3. The molecule has 31 heavy (non-hydrogen) atoms. The van der Waals surface area contributed by atoms with Crippen molar-refractivity contribution in [1.82, 2.24) is 19.4 Å². The number of imidazole rings is 1. The number of pyridine rings is 1. The average molecular weight is 443 g/mol. The molecule has 0 N–H and O–H groups in total. The number of hydrogen-bond acceptors (Lipinski definition) is 5. The lowest BCUT2D eigenvalue weighted by Gasteiger charge is -2.33. The van der Waals surface area contributed by atoms with E-state index in [1.54, 1.807) is 0 Å². The Balaban J connectivity index is 1.56. The molecule has 1 amide bonds. The summed E-state index contributed by atoms with van der Waals surface area (Å²) in [7, 11) is 0. The summed E-state index contributed by atoms with van der Waals surface area (Å²) in [4.78, 5) is 25.2. The molecule has 0 spiro atoms. The van der Waals surface area contributed by atoms with Gasteiger partial charge in [0.25, 0.3) is 0 Å². The number of rotatable bonds is 5. The Morgan fingerprint density at radius 2 is 2.00 bits per heavy atom. The number of carbonyl (C=O) groups excluding carboxylic acids is 1. The van der Waals surface area contributed by atoms with Crippen molar-refractivity contribution in [3.8, 4) is 0 Å². The Morgan fingerprint density at radius 1 is 1.26 bits per heavy atom. The number of hydrogen-bond donors (Lipinski definition) is 0. The van der Waals surface area contributed by atoms with Crippen LogP contribution in [0.25, 0.3) is 21.3 Å². The lowest BCUT2D eigenvalue weighted by Crippen LogP contribution is -2.42. The second-order valence-corrected chi connectivity index (χ2v) is 11.0. The molecule has 3 aromatic heterocycles. The molecule has 1 fully saturated rings. The summed E-state index contributed by atoms with van der Waals surface area (Å²) in [5, 5.41) is 0. The molecular formula is C24H34N4O2S. The smallest absolute Gasteiger partial charge is 0.410 e. The number of unbranched alkanes of at least 4 members (excludes halogenated alkanes) is 1. The summed E-state index contributed by atoms with van der Waals surface area (Å²) >= 11 is 1.81. The minimum absolute atomic E-state index is 0.190. The molecule has 0 aromatic carbocycles. The molecule has 4 heterocycles. The Labute approximate surface area is 188 Å². The van der Waals surface area contributed by atoms with Gasteiger partial charge in [-0.05, 0) is 58.9 Å². The molecule has 0 atom stereocenters. The third-order valence-corrected chi connectivity index (χ3v) is 6.96. The highest BCUT2D eigenvalue weighted by Crippen LogP contribution is 2.33. The van der Waals surface area contributed by atoms with E-state index in [-0.39, 0.29) is 6.09 Å². The molecule has 6 nitrogen and oxygen atoms in total. The van der Waals surface area contributed by atoms with E-state index < -0.39 is 5.60 Å². The average Bonchev–Trinajstić information content (AvgIpc) is 3.25. The van der Waals surface area contributed by atoms with Crippen LogP contribution in [0.2, 0.25) is 0 Å². The number of thiophene rings is 1. The number of carbonyl (C=O) groups is 1. The number of piperidine rings is 1. The first-order chi connectivity index (χ1) is 14.7. The van der Waals surface area contributed by atoms with Gasteiger partial charge in [0.1, 0.15) is 16.9 Å². The van der Waals surface area contributed by atoms with E-state index in [4.69, 9.17) is 9.72 Å². The molecule has 0 saturated carbocycles. The van der Waals surface area contributed by atoms with Crippen LogP contribution in [0.5, 0.6) is 0 Å². The van der Waals surface area contributed by atoms with Crippen molar-refractivity contribution in [1.29, 1.82) is 0 Å². The molecule has 7 heteroatoms. The van der Waals surface area contributed by atoms with E-state index in [2.05, 4.69) is 29.5 Å². The SMILES string of the molecule is CCCCc1nc2cnc3cc(C)sc3c2n1CC1CCN(C(=O)OC(C)(C)C)CC1. The molecule has 0 aliphatic carbocycles. The third kappa shape index (κ3) is 4.86. The second kappa shape index (κ2) is 8.77. The number of nitrogens with zero attached hydrogens (tertiary/aromatic N) is 4. The lowest BCUT2D eigenvalue weighted by atomic mass is 9.96. The Bertz CT molecular complexity index is 1070. The maximum Gasteiger partial charge on any atom is 0.410 e. The van der Waals surface area contributed by atoms with E-state index in [9.17, 15) is 4.79 Å². The molecule has 1 aliphatic rings. The minimum Gasteiger partial charge on any atom is -0.444 e. The molecule has 4 rings (SSSR count). The first-order valence-corrected chi connectivity index (χ1v) is 12.3. The molecule has 1 aliphatic heterocycles. The molecule has 0 bridgehead atoms. The first-order valence-electron chi connectivity index (χ1n) is 11.5. The third-order valence-electron chi connectivity index (χ3n) is 5.91. The lowest BCUT2D eigenvalue weighted by molar-refractivity contribution is 0.0178. The Morgan fingerprint density at radius 3 is 2.68 bits per heavy atom. The zero-order valence-electron chi connectivity index (χ0n) is 19.4. The van der Waals surface area contributed by atoms with Gasteiger partial charge in [-0.25, -0.2) is 9.78 Å². The second-order valence-electron chi connectivity index (χ2n) is 9.72. The normalized spacial score (nSPS) is 15.8. The van der Waals surface area contributed by atoms with Crippen LogP contribution in [-0.2, 0) is 17.7 Å². The van der Waals surface area contributed by atoms with E-state index >= 15 is 0 Å². The number of aromatic nitrogens is 3.